The first-order valence-corrected chi connectivity index (χ1v) is 7.71. The van der Waals surface area contributed by atoms with Crippen molar-refractivity contribution < 1.29 is 9.59 Å². The molecule has 3 amide bonds. The fraction of sp³-hybridized carbons (Fsp3) is 0.429. The lowest BCUT2D eigenvalue weighted by atomic mass is 10.2. The molecular weight excluding hydrogens is 327 g/mol. The molecule has 1 saturated heterocycles. The van der Waals surface area contributed by atoms with Crippen molar-refractivity contribution in [2.24, 2.45) is 0 Å². The summed E-state index contributed by atoms with van der Waals surface area (Å²) in [4.78, 5) is 26.9. The lowest BCUT2D eigenvalue weighted by molar-refractivity contribution is -0.130. The predicted molar refractivity (Wildman–Crippen MR) is 87.7 cm³/mol. The van der Waals surface area contributed by atoms with Gasteiger partial charge in [0, 0.05) is 33.2 Å². The van der Waals surface area contributed by atoms with Gasteiger partial charge in [-0.05, 0) is 12.1 Å². The fourth-order valence-electron chi connectivity index (χ4n) is 2.33. The Morgan fingerprint density at radius 1 is 1.14 bits per heavy atom. The predicted octanol–water partition coefficient (Wildman–Crippen LogP) is 1.57. The molecule has 6 nitrogen and oxygen atoms in total. The zero-order valence-corrected chi connectivity index (χ0v) is 13.7. The minimum absolute atomic E-state index is 0.00742. The van der Waals surface area contributed by atoms with Crippen molar-refractivity contribution in [2.75, 3.05) is 44.7 Å². The van der Waals surface area contributed by atoms with Gasteiger partial charge < -0.3 is 20.4 Å². The van der Waals surface area contributed by atoms with Gasteiger partial charge in [0.15, 0.2) is 0 Å². The van der Waals surface area contributed by atoms with Gasteiger partial charge in [0.2, 0.25) is 5.91 Å². The molecule has 22 heavy (non-hydrogen) atoms. The van der Waals surface area contributed by atoms with Gasteiger partial charge in [-0.1, -0.05) is 29.3 Å². The lowest BCUT2D eigenvalue weighted by Gasteiger charge is -2.36. The Morgan fingerprint density at radius 2 is 1.73 bits per heavy atom. The molecule has 1 aromatic carbocycles. The first-order valence-electron chi connectivity index (χ1n) is 6.95. The summed E-state index contributed by atoms with van der Waals surface area (Å²) in [6, 6.07) is 5.04. The van der Waals surface area contributed by atoms with Crippen LogP contribution in [0.25, 0.3) is 0 Å². The maximum atomic E-state index is 12.0. The normalized spacial score (nSPS) is 14.7. The molecule has 1 heterocycles. The molecule has 120 valence electrons. The maximum Gasteiger partial charge on any atom is 0.314 e. The molecule has 1 aliphatic rings. The van der Waals surface area contributed by atoms with E-state index < -0.39 is 0 Å². The summed E-state index contributed by atoms with van der Waals surface area (Å²) in [7, 11) is 1.51. The van der Waals surface area contributed by atoms with E-state index in [1.54, 1.807) is 23.1 Å². The number of benzene rings is 1. The minimum Gasteiger partial charge on any atom is -0.366 e. The molecule has 0 saturated carbocycles. The molecular formula is C14H18Cl2N4O2. The van der Waals surface area contributed by atoms with Crippen molar-refractivity contribution in [3.63, 3.8) is 0 Å². The van der Waals surface area contributed by atoms with Crippen molar-refractivity contribution in [3.8, 4) is 0 Å². The van der Waals surface area contributed by atoms with Crippen molar-refractivity contribution in [1.29, 1.82) is 0 Å². The summed E-state index contributed by atoms with van der Waals surface area (Å²) in [5.74, 6) is -0.103. The van der Waals surface area contributed by atoms with Crippen LogP contribution in [-0.2, 0) is 4.79 Å². The summed E-state index contributed by atoms with van der Waals surface area (Å²) in [5.41, 5.74) is 0.807. The Hall–Kier alpha value is -1.66. The number of hydrogen-bond acceptors (Lipinski definition) is 3. The molecule has 0 spiro atoms. The van der Waals surface area contributed by atoms with Gasteiger partial charge >= 0.3 is 6.03 Å². The summed E-state index contributed by atoms with van der Waals surface area (Å²) in [5, 5.41) is 6.11. The highest BCUT2D eigenvalue weighted by atomic mass is 35.5. The smallest absolute Gasteiger partial charge is 0.314 e. The number of halogens is 2. The molecule has 2 N–H and O–H groups in total. The quantitative estimate of drug-likeness (QED) is 0.874. The number of carbonyl (C=O) groups excluding carboxylic acids is 2. The standard InChI is InChI=1S/C14H18Cl2N4O2/c1-17-14(22)18-9-12(21)19-5-7-20(8-6-19)13-10(15)3-2-4-11(13)16/h2-4H,5-9H2,1H3,(H2,17,18,22). The molecule has 1 aromatic rings. The van der Waals surface area contributed by atoms with Gasteiger partial charge in [-0.25, -0.2) is 4.79 Å². The van der Waals surface area contributed by atoms with E-state index in [0.29, 0.717) is 36.2 Å². The van der Waals surface area contributed by atoms with Crippen molar-refractivity contribution >= 4 is 40.8 Å². The van der Waals surface area contributed by atoms with Gasteiger partial charge in [0.05, 0.1) is 22.3 Å². The van der Waals surface area contributed by atoms with Crippen LogP contribution in [0.5, 0.6) is 0 Å². The number of nitrogens with one attached hydrogen (secondary N) is 2. The van der Waals surface area contributed by atoms with Crippen LogP contribution in [0, 0.1) is 0 Å². The Labute approximate surface area is 139 Å². The number of piperazine rings is 1. The lowest BCUT2D eigenvalue weighted by Crippen LogP contribution is -2.52. The number of amides is 3. The van der Waals surface area contributed by atoms with E-state index in [9.17, 15) is 9.59 Å². The van der Waals surface area contributed by atoms with E-state index in [2.05, 4.69) is 15.5 Å². The number of carbonyl (C=O) groups is 2. The third-order valence-corrected chi connectivity index (χ3v) is 4.12. The van der Waals surface area contributed by atoms with Crippen LogP contribution in [0.2, 0.25) is 10.0 Å². The zero-order chi connectivity index (χ0) is 16.1. The zero-order valence-electron chi connectivity index (χ0n) is 12.2. The fourth-order valence-corrected chi connectivity index (χ4v) is 2.96. The average molecular weight is 345 g/mol. The monoisotopic (exact) mass is 344 g/mol. The second-order valence-electron chi connectivity index (χ2n) is 4.87. The van der Waals surface area contributed by atoms with Crippen LogP contribution in [0.15, 0.2) is 18.2 Å². The van der Waals surface area contributed by atoms with Crippen molar-refractivity contribution in [2.45, 2.75) is 0 Å². The van der Waals surface area contributed by atoms with Crippen LogP contribution >= 0.6 is 23.2 Å². The van der Waals surface area contributed by atoms with E-state index in [1.807, 2.05) is 0 Å². The maximum absolute atomic E-state index is 12.0. The third-order valence-electron chi connectivity index (χ3n) is 3.51. The molecule has 1 fully saturated rings. The van der Waals surface area contributed by atoms with E-state index in [-0.39, 0.29) is 18.5 Å². The summed E-state index contributed by atoms with van der Waals surface area (Å²) >= 11 is 12.4. The van der Waals surface area contributed by atoms with E-state index in [4.69, 9.17) is 23.2 Å². The van der Waals surface area contributed by atoms with Gasteiger partial charge in [-0.15, -0.1) is 0 Å². The van der Waals surface area contributed by atoms with E-state index in [1.165, 1.54) is 7.05 Å². The first kappa shape index (κ1) is 16.7. The molecule has 8 heteroatoms. The summed E-state index contributed by atoms with van der Waals surface area (Å²) in [6.07, 6.45) is 0. The van der Waals surface area contributed by atoms with Crippen molar-refractivity contribution in [3.05, 3.63) is 28.2 Å². The highest BCUT2D eigenvalue weighted by Crippen LogP contribution is 2.33. The number of hydrogen-bond donors (Lipinski definition) is 2. The van der Waals surface area contributed by atoms with Gasteiger partial charge in [-0.2, -0.15) is 0 Å². The number of para-hydroxylation sites is 1. The molecule has 0 aliphatic carbocycles. The summed E-state index contributed by atoms with van der Waals surface area (Å²) < 4.78 is 0. The van der Waals surface area contributed by atoms with Crippen LogP contribution in [0.3, 0.4) is 0 Å². The van der Waals surface area contributed by atoms with E-state index >= 15 is 0 Å². The largest absolute Gasteiger partial charge is 0.366 e. The van der Waals surface area contributed by atoms with Gasteiger partial charge in [0.1, 0.15) is 0 Å². The minimum atomic E-state index is -0.366. The number of anilines is 1. The molecule has 0 unspecified atom stereocenters. The molecule has 1 aliphatic heterocycles. The first-order chi connectivity index (χ1) is 10.5. The van der Waals surface area contributed by atoms with Crippen LogP contribution in [-0.4, -0.2) is 56.6 Å². The van der Waals surface area contributed by atoms with Crippen molar-refractivity contribution in [1.82, 2.24) is 15.5 Å². The Balaban J connectivity index is 1.90. The number of nitrogens with zero attached hydrogens (tertiary/aromatic N) is 2. The Bertz CT molecular complexity index is 540. The van der Waals surface area contributed by atoms with E-state index in [0.717, 1.165) is 5.69 Å². The molecule has 0 radical (unpaired) electrons. The Morgan fingerprint density at radius 3 is 2.27 bits per heavy atom. The highest BCUT2D eigenvalue weighted by Gasteiger charge is 2.23. The second kappa shape index (κ2) is 7.56. The number of urea groups is 1. The SMILES string of the molecule is CNC(=O)NCC(=O)N1CCN(c2c(Cl)cccc2Cl)CC1. The van der Waals surface area contributed by atoms with Gasteiger partial charge in [0.25, 0.3) is 0 Å². The van der Waals surface area contributed by atoms with Crippen LogP contribution in [0.1, 0.15) is 0 Å². The molecule has 0 aromatic heterocycles. The number of rotatable bonds is 3. The van der Waals surface area contributed by atoms with Crippen LogP contribution < -0.4 is 15.5 Å². The molecule has 0 bridgehead atoms. The third kappa shape index (κ3) is 3.96. The van der Waals surface area contributed by atoms with Gasteiger partial charge in [-0.3, -0.25) is 4.79 Å². The highest BCUT2D eigenvalue weighted by molar-refractivity contribution is 6.39. The second-order valence-corrected chi connectivity index (χ2v) is 5.69. The molecule has 2 rings (SSSR count). The van der Waals surface area contributed by atoms with Crippen LogP contribution in [0.4, 0.5) is 10.5 Å². The average Bonchev–Trinajstić information content (AvgIpc) is 2.52. The topological polar surface area (TPSA) is 64.7 Å². The Kier molecular flexibility index (Phi) is 5.74. The molecule has 0 atom stereocenters. The summed E-state index contributed by atoms with van der Waals surface area (Å²) in [6.45, 7) is 2.42.